The lowest BCUT2D eigenvalue weighted by atomic mass is 10.2. The maximum atomic E-state index is 13.1. The number of nitriles is 1. The Labute approximate surface area is 92.2 Å². The van der Waals surface area contributed by atoms with Crippen LogP contribution in [0.3, 0.4) is 0 Å². The number of nitrogens with one attached hydrogen (secondary N) is 1. The average molecular weight is 213 g/mol. The Morgan fingerprint density at radius 2 is 2.12 bits per heavy atom. The van der Waals surface area contributed by atoms with Gasteiger partial charge in [-0.15, -0.1) is 0 Å². The molecule has 1 aromatic carbocycles. The van der Waals surface area contributed by atoms with E-state index in [1.807, 2.05) is 12.1 Å². The fourth-order valence-corrected chi connectivity index (χ4v) is 1.33. The lowest BCUT2D eigenvalue weighted by Gasteiger charge is -2.05. The number of benzene rings is 1. The van der Waals surface area contributed by atoms with E-state index in [0.29, 0.717) is 5.69 Å². The highest BCUT2D eigenvalue weighted by atomic mass is 19.1. The van der Waals surface area contributed by atoms with E-state index in [1.165, 1.54) is 12.1 Å². The third kappa shape index (κ3) is 2.34. The van der Waals surface area contributed by atoms with Crippen molar-refractivity contribution in [1.29, 1.82) is 5.26 Å². The molecule has 0 fully saturated rings. The first-order chi connectivity index (χ1) is 7.78. The Kier molecular flexibility index (Phi) is 2.79. The molecule has 3 nitrogen and oxygen atoms in total. The molecule has 0 atom stereocenters. The van der Waals surface area contributed by atoms with Crippen LogP contribution >= 0.6 is 0 Å². The van der Waals surface area contributed by atoms with Crippen molar-refractivity contribution in [3.63, 3.8) is 0 Å². The van der Waals surface area contributed by atoms with Gasteiger partial charge in [-0.05, 0) is 30.3 Å². The molecule has 16 heavy (non-hydrogen) atoms. The smallest absolute Gasteiger partial charge is 0.126 e. The fraction of sp³-hybridized carbons (Fsp3) is 0. The minimum absolute atomic E-state index is 0.284. The van der Waals surface area contributed by atoms with E-state index in [0.717, 1.165) is 5.69 Å². The van der Waals surface area contributed by atoms with Crippen molar-refractivity contribution in [2.24, 2.45) is 0 Å². The molecule has 0 aliphatic carbocycles. The van der Waals surface area contributed by atoms with Crippen molar-refractivity contribution < 1.29 is 4.39 Å². The topological polar surface area (TPSA) is 48.7 Å². The van der Waals surface area contributed by atoms with Gasteiger partial charge in [0.15, 0.2) is 0 Å². The summed E-state index contributed by atoms with van der Waals surface area (Å²) in [5.41, 5.74) is 1.56. The highest BCUT2D eigenvalue weighted by molar-refractivity contribution is 5.60. The van der Waals surface area contributed by atoms with Gasteiger partial charge in [-0.25, -0.2) is 4.39 Å². The second-order valence-corrected chi connectivity index (χ2v) is 3.21. The van der Waals surface area contributed by atoms with Gasteiger partial charge in [0.2, 0.25) is 0 Å². The molecule has 1 N–H and O–H groups in total. The van der Waals surface area contributed by atoms with E-state index in [9.17, 15) is 4.39 Å². The van der Waals surface area contributed by atoms with Crippen molar-refractivity contribution in [2.45, 2.75) is 0 Å². The van der Waals surface area contributed by atoms with Crippen molar-refractivity contribution in [2.75, 3.05) is 5.32 Å². The maximum Gasteiger partial charge on any atom is 0.126 e. The van der Waals surface area contributed by atoms with E-state index < -0.39 is 5.82 Å². The van der Waals surface area contributed by atoms with Crippen LogP contribution in [0.25, 0.3) is 0 Å². The molecule has 2 aromatic rings. The van der Waals surface area contributed by atoms with Gasteiger partial charge in [0.25, 0.3) is 0 Å². The molecular formula is C12H8FN3. The Morgan fingerprint density at radius 3 is 2.81 bits per heavy atom. The summed E-state index contributed by atoms with van der Waals surface area (Å²) in [5.74, 6) is -0.439. The zero-order valence-corrected chi connectivity index (χ0v) is 8.31. The van der Waals surface area contributed by atoms with Crippen LogP contribution in [0, 0.1) is 17.1 Å². The summed E-state index contributed by atoms with van der Waals surface area (Å²) in [6.45, 7) is 0. The van der Waals surface area contributed by atoms with Crippen molar-refractivity contribution in [1.82, 2.24) is 4.98 Å². The minimum atomic E-state index is -0.439. The third-order valence-electron chi connectivity index (χ3n) is 1.98. The predicted octanol–water partition coefficient (Wildman–Crippen LogP) is 2.84. The first kappa shape index (κ1) is 10.1. The van der Waals surface area contributed by atoms with Crippen LogP contribution < -0.4 is 5.32 Å². The molecule has 78 valence electrons. The molecule has 1 heterocycles. The Morgan fingerprint density at radius 1 is 1.25 bits per heavy atom. The molecule has 0 aliphatic rings. The lowest BCUT2D eigenvalue weighted by Crippen LogP contribution is -1.92. The van der Waals surface area contributed by atoms with Crippen LogP contribution in [-0.4, -0.2) is 4.98 Å². The standard InChI is InChI=1S/C12H8FN3/c13-10-4-9(7-14)5-12(6-10)16-11-2-1-3-15-8-11/h1-6,8,16H. The van der Waals surface area contributed by atoms with Crippen molar-refractivity contribution in [3.05, 3.63) is 54.1 Å². The molecule has 4 heteroatoms. The fourth-order valence-electron chi connectivity index (χ4n) is 1.33. The number of anilines is 2. The number of halogens is 1. The Hall–Kier alpha value is -2.41. The average Bonchev–Trinajstić information content (AvgIpc) is 2.29. The number of nitrogens with zero attached hydrogens (tertiary/aromatic N) is 2. The van der Waals surface area contributed by atoms with Crippen LogP contribution in [0.4, 0.5) is 15.8 Å². The highest BCUT2D eigenvalue weighted by Crippen LogP contribution is 2.18. The first-order valence-electron chi connectivity index (χ1n) is 4.66. The van der Waals surface area contributed by atoms with Gasteiger partial charge in [-0.1, -0.05) is 0 Å². The summed E-state index contributed by atoms with van der Waals surface area (Å²) < 4.78 is 13.1. The van der Waals surface area contributed by atoms with Crippen LogP contribution in [0.1, 0.15) is 5.56 Å². The van der Waals surface area contributed by atoms with E-state index in [-0.39, 0.29) is 5.56 Å². The van der Waals surface area contributed by atoms with Crippen LogP contribution in [0.5, 0.6) is 0 Å². The quantitative estimate of drug-likeness (QED) is 0.834. The number of hydrogen-bond donors (Lipinski definition) is 1. The molecular weight excluding hydrogens is 205 g/mol. The van der Waals surface area contributed by atoms with Gasteiger partial charge in [0, 0.05) is 11.9 Å². The molecule has 0 radical (unpaired) electrons. The second-order valence-electron chi connectivity index (χ2n) is 3.21. The van der Waals surface area contributed by atoms with Crippen LogP contribution in [0.2, 0.25) is 0 Å². The van der Waals surface area contributed by atoms with Gasteiger partial charge in [-0.2, -0.15) is 5.26 Å². The lowest BCUT2D eigenvalue weighted by molar-refractivity contribution is 0.628. The SMILES string of the molecule is N#Cc1cc(F)cc(Nc2cccnc2)c1. The number of pyridine rings is 1. The minimum Gasteiger partial charge on any atom is -0.354 e. The molecule has 2 rings (SSSR count). The summed E-state index contributed by atoms with van der Waals surface area (Å²) in [6.07, 6.45) is 3.27. The molecule has 0 saturated carbocycles. The predicted molar refractivity (Wildman–Crippen MR) is 58.6 cm³/mol. The normalized spacial score (nSPS) is 9.50. The largest absolute Gasteiger partial charge is 0.354 e. The Balaban J connectivity index is 2.29. The summed E-state index contributed by atoms with van der Waals surface area (Å²) in [7, 11) is 0. The van der Waals surface area contributed by atoms with Gasteiger partial charge < -0.3 is 5.32 Å². The number of aromatic nitrogens is 1. The molecule has 0 saturated heterocycles. The van der Waals surface area contributed by atoms with E-state index >= 15 is 0 Å². The molecule has 0 unspecified atom stereocenters. The molecule has 0 bridgehead atoms. The Bertz CT molecular complexity index is 532. The van der Waals surface area contributed by atoms with Gasteiger partial charge >= 0.3 is 0 Å². The molecule has 1 aromatic heterocycles. The van der Waals surface area contributed by atoms with Gasteiger partial charge in [0.1, 0.15) is 5.82 Å². The van der Waals surface area contributed by atoms with Crippen LogP contribution in [0.15, 0.2) is 42.7 Å². The number of rotatable bonds is 2. The first-order valence-corrected chi connectivity index (χ1v) is 4.66. The zero-order valence-electron chi connectivity index (χ0n) is 8.31. The van der Waals surface area contributed by atoms with Crippen molar-refractivity contribution in [3.8, 4) is 6.07 Å². The summed E-state index contributed by atoms with van der Waals surface area (Å²) in [6, 6.07) is 9.57. The van der Waals surface area contributed by atoms with Gasteiger partial charge in [0.05, 0.1) is 23.5 Å². The summed E-state index contributed by atoms with van der Waals surface area (Å²) >= 11 is 0. The van der Waals surface area contributed by atoms with Gasteiger partial charge in [-0.3, -0.25) is 4.98 Å². The summed E-state index contributed by atoms with van der Waals surface area (Å²) in [5, 5.41) is 11.7. The second kappa shape index (κ2) is 4.41. The van der Waals surface area contributed by atoms with E-state index in [2.05, 4.69) is 10.3 Å². The zero-order chi connectivity index (χ0) is 11.4. The number of hydrogen-bond acceptors (Lipinski definition) is 3. The van der Waals surface area contributed by atoms with Crippen molar-refractivity contribution >= 4 is 11.4 Å². The molecule has 0 aliphatic heterocycles. The highest BCUT2D eigenvalue weighted by Gasteiger charge is 2.00. The van der Waals surface area contributed by atoms with E-state index in [4.69, 9.17) is 5.26 Å². The van der Waals surface area contributed by atoms with Crippen LogP contribution in [-0.2, 0) is 0 Å². The third-order valence-corrected chi connectivity index (χ3v) is 1.98. The van der Waals surface area contributed by atoms with E-state index in [1.54, 1.807) is 24.5 Å². The summed E-state index contributed by atoms with van der Waals surface area (Å²) in [4.78, 5) is 3.92. The molecule has 0 amide bonds. The maximum absolute atomic E-state index is 13.1. The monoisotopic (exact) mass is 213 g/mol. The molecule has 0 spiro atoms.